The summed E-state index contributed by atoms with van der Waals surface area (Å²) >= 11 is 4.87. The third kappa shape index (κ3) is 5.63. The molecule has 1 aliphatic heterocycles. The Kier molecular flexibility index (Phi) is 7.69. The van der Waals surface area contributed by atoms with Gasteiger partial charge in [0.05, 0.1) is 21.8 Å². The van der Waals surface area contributed by atoms with Crippen molar-refractivity contribution >= 4 is 55.8 Å². The number of carbonyl (C=O) groups excluding carboxylic acids is 1. The molecular weight excluding hydrogens is 644 g/mol. The maximum atomic E-state index is 14.3. The molecule has 222 valence electrons. The molecule has 6 aromatic rings. The minimum absolute atomic E-state index is 0.174. The van der Waals surface area contributed by atoms with Crippen LogP contribution in [0.15, 0.2) is 135 Å². The van der Waals surface area contributed by atoms with Gasteiger partial charge in [-0.15, -0.1) is 0 Å². The number of nitrogens with one attached hydrogen (secondary N) is 1. The van der Waals surface area contributed by atoms with Gasteiger partial charge in [0.25, 0.3) is 11.5 Å². The van der Waals surface area contributed by atoms with Crippen molar-refractivity contribution in [1.82, 2.24) is 9.13 Å². The van der Waals surface area contributed by atoms with E-state index >= 15 is 0 Å². The lowest BCUT2D eigenvalue weighted by Crippen LogP contribution is -2.40. The fourth-order valence-electron chi connectivity index (χ4n) is 5.84. The molecule has 1 amide bonds. The summed E-state index contributed by atoms with van der Waals surface area (Å²) in [4.78, 5) is 33.5. The summed E-state index contributed by atoms with van der Waals surface area (Å²) < 4.78 is 5.50. The first-order chi connectivity index (χ1) is 21.9. The molecule has 3 heterocycles. The number of thiazole rings is 1. The largest absolute Gasteiger partial charge is 0.342 e. The molecule has 6 nitrogen and oxygen atoms in total. The van der Waals surface area contributed by atoms with Gasteiger partial charge in [0, 0.05) is 39.4 Å². The summed E-state index contributed by atoms with van der Waals surface area (Å²) in [6, 6.07) is 33.3. The average molecular weight is 674 g/mol. The zero-order chi connectivity index (χ0) is 31.1. The molecule has 0 unspecified atom stereocenters. The van der Waals surface area contributed by atoms with E-state index in [0.29, 0.717) is 32.8 Å². The van der Waals surface area contributed by atoms with Crippen molar-refractivity contribution in [2.45, 2.75) is 26.4 Å². The second-order valence-electron chi connectivity index (χ2n) is 11.2. The van der Waals surface area contributed by atoms with Gasteiger partial charge < -0.3 is 9.88 Å². The Bertz CT molecular complexity index is 2280. The minimum atomic E-state index is -0.619. The Morgan fingerprint density at radius 3 is 2.40 bits per heavy atom. The highest BCUT2D eigenvalue weighted by atomic mass is 79.9. The monoisotopic (exact) mass is 672 g/mol. The van der Waals surface area contributed by atoms with Crippen molar-refractivity contribution < 1.29 is 4.79 Å². The van der Waals surface area contributed by atoms with E-state index in [9.17, 15) is 9.59 Å². The van der Waals surface area contributed by atoms with Crippen molar-refractivity contribution in [3.63, 3.8) is 0 Å². The van der Waals surface area contributed by atoms with Crippen LogP contribution in [0.3, 0.4) is 0 Å². The molecular formula is C37H29BrN4O2S. The van der Waals surface area contributed by atoms with E-state index in [1.165, 1.54) is 16.9 Å². The number of allylic oxidation sites excluding steroid dienone is 1. The number of fused-ring (bicyclic) bond motifs is 2. The lowest BCUT2D eigenvalue weighted by atomic mass is 9.94. The normalized spacial score (nSPS) is 14.8. The summed E-state index contributed by atoms with van der Waals surface area (Å²) in [5.74, 6) is -0.279. The zero-order valence-electron chi connectivity index (χ0n) is 24.7. The lowest BCUT2D eigenvalue weighted by molar-refractivity contribution is -0.113. The van der Waals surface area contributed by atoms with Crippen molar-refractivity contribution in [2.24, 2.45) is 4.99 Å². The average Bonchev–Trinajstić information content (AvgIpc) is 3.54. The number of halogens is 1. The van der Waals surface area contributed by atoms with Gasteiger partial charge in [-0.25, -0.2) is 4.99 Å². The van der Waals surface area contributed by atoms with Crippen molar-refractivity contribution in [3.8, 4) is 0 Å². The minimum Gasteiger partial charge on any atom is -0.342 e. The molecule has 0 spiro atoms. The molecule has 0 saturated carbocycles. The van der Waals surface area contributed by atoms with E-state index < -0.39 is 6.04 Å². The summed E-state index contributed by atoms with van der Waals surface area (Å²) in [6.45, 7) is 4.57. The number of nitrogens with zero attached hydrogens (tertiary/aromatic N) is 3. The van der Waals surface area contributed by atoms with Crippen LogP contribution in [0.4, 0.5) is 5.69 Å². The van der Waals surface area contributed by atoms with Crippen LogP contribution in [0, 0.1) is 6.92 Å². The second kappa shape index (κ2) is 12.0. The molecule has 0 saturated heterocycles. The number of carbonyl (C=O) groups is 1. The first kappa shape index (κ1) is 29.0. The Hall–Kier alpha value is -4.79. The maximum Gasteiger partial charge on any atom is 0.271 e. The van der Waals surface area contributed by atoms with Crippen LogP contribution in [0.2, 0.25) is 0 Å². The van der Waals surface area contributed by atoms with Gasteiger partial charge in [0.1, 0.15) is 0 Å². The van der Waals surface area contributed by atoms with E-state index in [-0.39, 0.29) is 11.5 Å². The molecule has 1 atom stereocenters. The predicted molar refractivity (Wildman–Crippen MR) is 185 cm³/mol. The molecule has 2 aromatic heterocycles. The fourth-order valence-corrected chi connectivity index (χ4v) is 7.15. The molecule has 0 bridgehead atoms. The number of hydrogen-bond donors (Lipinski definition) is 1. The van der Waals surface area contributed by atoms with Crippen LogP contribution in [0.25, 0.3) is 17.0 Å². The number of hydrogen-bond acceptors (Lipinski definition) is 4. The molecule has 0 radical (unpaired) electrons. The second-order valence-corrected chi connectivity index (χ2v) is 13.1. The summed E-state index contributed by atoms with van der Waals surface area (Å²) in [5, 5.41) is 4.08. The van der Waals surface area contributed by atoms with Crippen LogP contribution in [-0.4, -0.2) is 15.0 Å². The summed E-state index contributed by atoms with van der Waals surface area (Å²) in [6.07, 6.45) is 4.06. The van der Waals surface area contributed by atoms with Gasteiger partial charge in [0.2, 0.25) is 0 Å². The first-order valence-electron chi connectivity index (χ1n) is 14.6. The Morgan fingerprint density at radius 1 is 0.933 bits per heavy atom. The summed E-state index contributed by atoms with van der Waals surface area (Å²) in [7, 11) is 0. The molecule has 8 heteroatoms. The quantitative estimate of drug-likeness (QED) is 0.208. The zero-order valence-corrected chi connectivity index (χ0v) is 27.1. The Labute approximate surface area is 272 Å². The standard InChI is InChI=1S/C37H29BrN4O2S/c1-23-12-16-26(17-13-23)34-33(35(43)40-29-8-4-3-5-9-29)24(2)39-37-42(34)36(44)32(45-37)20-27-22-41(31-11-7-6-10-30(27)31)21-25-14-18-28(38)19-15-25/h3-20,22,34H,21H2,1-2H3,(H,40,43)/b32-20+/t34-/m0/s1. The molecule has 0 fully saturated rings. The third-order valence-corrected chi connectivity index (χ3v) is 9.57. The predicted octanol–water partition coefficient (Wildman–Crippen LogP) is 6.95. The molecule has 7 rings (SSSR count). The maximum absolute atomic E-state index is 14.3. The highest BCUT2D eigenvalue weighted by Gasteiger charge is 2.32. The highest BCUT2D eigenvalue weighted by molar-refractivity contribution is 9.10. The first-order valence-corrected chi connectivity index (χ1v) is 16.2. The van der Waals surface area contributed by atoms with E-state index in [0.717, 1.165) is 32.1 Å². The van der Waals surface area contributed by atoms with E-state index in [1.54, 1.807) is 4.57 Å². The number of anilines is 1. The van der Waals surface area contributed by atoms with Crippen LogP contribution in [0.1, 0.15) is 35.2 Å². The third-order valence-electron chi connectivity index (χ3n) is 8.06. The topological polar surface area (TPSA) is 68.4 Å². The van der Waals surface area contributed by atoms with E-state index in [4.69, 9.17) is 4.99 Å². The van der Waals surface area contributed by atoms with E-state index in [2.05, 4.69) is 56.3 Å². The van der Waals surface area contributed by atoms with Gasteiger partial charge in [0.15, 0.2) is 4.80 Å². The van der Waals surface area contributed by atoms with Gasteiger partial charge in [-0.1, -0.05) is 106 Å². The smallest absolute Gasteiger partial charge is 0.271 e. The van der Waals surface area contributed by atoms with Gasteiger partial charge in [-0.3, -0.25) is 14.2 Å². The summed E-state index contributed by atoms with van der Waals surface area (Å²) in [5.41, 5.74) is 6.73. The van der Waals surface area contributed by atoms with Crippen LogP contribution in [-0.2, 0) is 11.3 Å². The van der Waals surface area contributed by atoms with Crippen molar-refractivity contribution in [2.75, 3.05) is 5.32 Å². The Morgan fingerprint density at radius 2 is 1.64 bits per heavy atom. The Balaban J connectivity index is 1.35. The lowest BCUT2D eigenvalue weighted by Gasteiger charge is -2.25. The van der Waals surface area contributed by atoms with Crippen LogP contribution < -0.4 is 20.2 Å². The van der Waals surface area contributed by atoms with Crippen LogP contribution in [0.5, 0.6) is 0 Å². The van der Waals surface area contributed by atoms with Crippen molar-refractivity contribution in [1.29, 1.82) is 0 Å². The van der Waals surface area contributed by atoms with Gasteiger partial charge >= 0.3 is 0 Å². The molecule has 45 heavy (non-hydrogen) atoms. The molecule has 4 aromatic carbocycles. The molecule has 1 aliphatic rings. The highest BCUT2D eigenvalue weighted by Crippen LogP contribution is 2.31. The van der Waals surface area contributed by atoms with Crippen LogP contribution >= 0.6 is 27.3 Å². The van der Waals surface area contributed by atoms with Gasteiger partial charge in [-0.05, 0) is 61.4 Å². The van der Waals surface area contributed by atoms with Crippen molar-refractivity contribution in [3.05, 3.63) is 167 Å². The number of aromatic nitrogens is 2. The number of benzene rings is 4. The van der Waals surface area contributed by atoms with E-state index in [1.807, 2.05) is 98.8 Å². The number of rotatable bonds is 6. The van der Waals surface area contributed by atoms with Gasteiger partial charge in [-0.2, -0.15) is 0 Å². The molecule has 0 aliphatic carbocycles. The number of amides is 1. The number of para-hydroxylation sites is 2. The fraction of sp³-hybridized carbons (Fsp3) is 0.108. The molecule has 1 N–H and O–H groups in total. The number of aryl methyl sites for hydroxylation is 1. The SMILES string of the molecule is CC1=C(C(=O)Nc2ccccc2)[C@H](c2ccc(C)cc2)n2c(s/c(=C/c3cn(Cc4ccc(Br)cc4)c4ccccc34)c2=O)=N1.